The first-order chi connectivity index (χ1) is 7.15. The van der Waals surface area contributed by atoms with Crippen molar-refractivity contribution < 1.29 is 9.50 Å². The molecule has 2 rings (SSSR count). The zero-order chi connectivity index (χ0) is 10.8. The Labute approximate surface area is 93.3 Å². The molecule has 0 unspecified atom stereocenters. The summed E-state index contributed by atoms with van der Waals surface area (Å²) in [5.74, 6) is -0.269. The van der Waals surface area contributed by atoms with Gasteiger partial charge in [-0.25, -0.2) is 4.39 Å². The van der Waals surface area contributed by atoms with E-state index in [4.69, 9.17) is 11.6 Å². The highest BCUT2D eigenvalue weighted by Gasteiger charge is 2.20. The van der Waals surface area contributed by atoms with Crippen molar-refractivity contribution in [2.75, 3.05) is 13.1 Å². The van der Waals surface area contributed by atoms with Crippen LogP contribution in [0.2, 0.25) is 5.02 Å². The fraction of sp³-hybridized carbons (Fsp3) is 0.455. The van der Waals surface area contributed by atoms with Gasteiger partial charge in [-0.05, 0) is 30.2 Å². The van der Waals surface area contributed by atoms with Crippen LogP contribution >= 0.6 is 11.6 Å². The number of halogens is 2. The van der Waals surface area contributed by atoms with Crippen molar-refractivity contribution in [3.63, 3.8) is 0 Å². The van der Waals surface area contributed by atoms with E-state index in [-0.39, 0.29) is 11.9 Å². The fourth-order valence-electron chi connectivity index (χ4n) is 1.86. The molecule has 0 saturated carbocycles. The van der Waals surface area contributed by atoms with Gasteiger partial charge in [0.15, 0.2) is 0 Å². The molecule has 0 aromatic heterocycles. The lowest BCUT2D eigenvalue weighted by atomic mass is 10.2. The molecule has 4 heteroatoms. The van der Waals surface area contributed by atoms with Gasteiger partial charge in [-0.15, -0.1) is 0 Å². The predicted molar refractivity (Wildman–Crippen MR) is 57.3 cm³/mol. The molecule has 1 N–H and O–H groups in total. The van der Waals surface area contributed by atoms with Gasteiger partial charge in [0.05, 0.1) is 6.10 Å². The summed E-state index contributed by atoms with van der Waals surface area (Å²) in [5, 5.41) is 9.93. The van der Waals surface area contributed by atoms with E-state index < -0.39 is 0 Å². The summed E-state index contributed by atoms with van der Waals surface area (Å²) in [7, 11) is 0. The Bertz CT molecular complexity index is 358. The summed E-state index contributed by atoms with van der Waals surface area (Å²) in [6.07, 6.45) is 0.532. The van der Waals surface area contributed by atoms with Gasteiger partial charge in [0.2, 0.25) is 0 Å². The average molecular weight is 230 g/mol. The molecule has 1 atom stereocenters. The number of β-amino-alcohol motifs (C(OH)–C–C–N with tert-alkyl or cyclic N) is 1. The van der Waals surface area contributed by atoms with Crippen LogP contribution in [-0.2, 0) is 6.54 Å². The summed E-state index contributed by atoms with van der Waals surface area (Å²) in [6, 6.07) is 4.37. The van der Waals surface area contributed by atoms with E-state index in [0.717, 1.165) is 18.5 Å². The second-order valence-electron chi connectivity index (χ2n) is 3.91. The van der Waals surface area contributed by atoms with Crippen LogP contribution in [-0.4, -0.2) is 29.2 Å². The number of nitrogens with zero attached hydrogens (tertiary/aromatic N) is 1. The Morgan fingerprint density at radius 2 is 2.33 bits per heavy atom. The molecule has 82 valence electrons. The van der Waals surface area contributed by atoms with Crippen LogP contribution in [0.5, 0.6) is 0 Å². The van der Waals surface area contributed by atoms with Gasteiger partial charge < -0.3 is 5.11 Å². The third kappa shape index (κ3) is 2.68. The molecular weight excluding hydrogens is 217 g/mol. The van der Waals surface area contributed by atoms with Crippen molar-refractivity contribution in [3.8, 4) is 0 Å². The minimum Gasteiger partial charge on any atom is -0.392 e. The Balaban J connectivity index is 2.07. The number of hydrogen-bond acceptors (Lipinski definition) is 2. The number of likely N-dealkylation sites (tertiary alicyclic amines) is 1. The molecule has 1 aromatic carbocycles. The highest BCUT2D eigenvalue weighted by molar-refractivity contribution is 6.31. The second-order valence-corrected chi connectivity index (χ2v) is 4.32. The standard InChI is InChI=1S/C11H13ClFNO/c12-11-2-1-9(13)5-8(11)6-14-4-3-10(15)7-14/h1-2,5,10,15H,3-4,6-7H2/t10-/m0/s1. The third-order valence-electron chi connectivity index (χ3n) is 2.65. The first-order valence-electron chi connectivity index (χ1n) is 4.99. The van der Waals surface area contributed by atoms with Crippen molar-refractivity contribution in [2.24, 2.45) is 0 Å². The highest BCUT2D eigenvalue weighted by atomic mass is 35.5. The molecule has 1 aromatic rings. The van der Waals surface area contributed by atoms with E-state index in [1.807, 2.05) is 0 Å². The van der Waals surface area contributed by atoms with Crippen molar-refractivity contribution in [3.05, 3.63) is 34.6 Å². The SMILES string of the molecule is O[C@H]1CCN(Cc2cc(F)ccc2Cl)C1. The molecule has 2 nitrogen and oxygen atoms in total. The molecule has 1 fully saturated rings. The number of rotatable bonds is 2. The predicted octanol–water partition coefficient (Wildman–Crippen LogP) is 2.05. The van der Waals surface area contributed by atoms with Crippen LogP contribution in [0.1, 0.15) is 12.0 Å². The lowest BCUT2D eigenvalue weighted by Gasteiger charge is -2.15. The summed E-state index contributed by atoms with van der Waals surface area (Å²) in [5.41, 5.74) is 0.783. The zero-order valence-electron chi connectivity index (χ0n) is 8.29. The topological polar surface area (TPSA) is 23.5 Å². The Hall–Kier alpha value is -0.640. The molecule has 1 saturated heterocycles. The largest absolute Gasteiger partial charge is 0.392 e. The van der Waals surface area contributed by atoms with E-state index >= 15 is 0 Å². The number of aliphatic hydroxyl groups is 1. The molecule has 1 aliphatic heterocycles. The summed E-state index contributed by atoms with van der Waals surface area (Å²) in [4.78, 5) is 2.07. The Morgan fingerprint density at radius 3 is 3.00 bits per heavy atom. The van der Waals surface area contributed by atoms with Crippen molar-refractivity contribution in [1.82, 2.24) is 4.90 Å². The lowest BCUT2D eigenvalue weighted by molar-refractivity contribution is 0.175. The lowest BCUT2D eigenvalue weighted by Crippen LogP contribution is -2.21. The van der Waals surface area contributed by atoms with Gasteiger partial charge in [-0.1, -0.05) is 11.6 Å². The molecule has 0 spiro atoms. The van der Waals surface area contributed by atoms with E-state index in [1.54, 1.807) is 6.07 Å². The Morgan fingerprint density at radius 1 is 1.53 bits per heavy atom. The normalized spacial score (nSPS) is 22.2. The van der Waals surface area contributed by atoms with Gasteiger partial charge in [0.25, 0.3) is 0 Å². The average Bonchev–Trinajstić information content (AvgIpc) is 2.58. The molecule has 0 bridgehead atoms. The molecule has 0 aliphatic carbocycles. The maximum atomic E-state index is 13.0. The van der Waals surface area contributed by atoms with E-state index in [9.17, 15) is 9.50 Å². The molecule has 0 radical (unpaired) electrons. The van der Waals surface area contributed by atoms with Crippen LogP contribution in [0.3, 0.4) is 0 Å². The van der Waals surface area contributed by atoms with E-state index in [2.05, 4.69) is 4.90 Å². The smallest absolute Gasteiger partial charge is 0.123 e. The first kappa shape index (κ1) is 10.9. The molecule has 1 aliphatic rings. The second kappa shape index (κ2) is 4.47. The quantitative estimate of drug-likeness (QED) is 0.839. The summed E-state index contributed by atoms with van der Waals surface area (Å²) in [6.45, 7) is 2.09. The third-order valence-corrected chi connectivity index (χ3v) is 3.02. The van der Waals surface area contributed by atoms with E-state index in [1.165, 1.54) is 12.1 Å². The van der Waals surface area contributed by atoms with Gasteiger partial charge in [0, 0.05) is 24.7 Å². The van der Waals surface area contributed by atoms with Gasteiger partial charge in [0.1, 0.15) is 5.82 Å². The van der Waals surface area contributed by atoms with Crippen LogP contribution in [0.25, 0.3) is 0 Å². The van der Waals surface area contributed by atoms with Crippen LogP contribution in [0.4, 0.5) is 4.39 Å². The molecular formula is C11H13ClFNO. The van der Waals surface area contributed by atoms with E-state index in [0.29, 0.717) is 18.1 Å². The number of aliphatic hydroxyl groups excluding tert-OH is 1. The van der Waals surface area contributed by atoms with Crippen molar-refractivity contribution >= 4 is 11.6 Å². The Kier molecular flexibility index (Phi) is 3.24. The number of hydrogen-bond donors (Lipinski definition) is 1. The van der Waals surface area contributed by atoms with Gasteiger partial charge in [-0.3, -0.25) is 4.90 Å². The minimum atomic E-state index is -0.269. The summed E-state index contributed by atoms with van der Waals surface area (Å²) >= 11 is 5.96. The maximum absolute atomic E-state index is 13.0. The van der Waals surface area contributed by atoms with Gasteiger partial charge in [-0.2, -0.15) is 0 Å². The van der Waals surface area contributed by atoms with Gasteiger partial charge >= 0.3 is 0 Å². The maximum Gasteiger partial charge on any atom is 0.123 e. The molecule has 15 heavy (non-hydrogen) atoms. The zero-order valence-corrected chi connectivity index (χ0v) is 9.04. The van der Waals surface area contributed by atoms with Crippen LogP contribution < -0.4 is 0 Å². The molecule has 1 heterocycles. The molecule has 0 amide bonds. The highest BCUT2D eigenvalue weighted by Crippen LogP contribution is 2.21. The van der Waals surface area contributed by atoms with Crippen LogP contribution in [0.15, 0.2) is 18.2 Å². The van der Waals surface area contributed by atoms with Crippen molar-refractivity contribution in [2.45, 2.75) is 19.1 Å². The number of benzene rings is 1. The minimum absolute atomic E-state index is 0.252. The first-order valence-corrected chi connectivity index (χ1v) is 5.37. The fourth-order valence-corrected chi connectivity index (χ4v) is 2.04. The van der Waals surface area contributed by atoms with Crippen molar-refractivity contribution in [1.29, 1.82) is 0 Å². The monoisotopic (exact) mass is 229 g/mol. The summed E-state index contributed by atoms with van der Waals surface area (Å²) < 4.78 is 13.0. The van der Waals surface area contributed by atoms with Crippen LogP contribution in [0, 0.1) is 5.82 Å².